The van der Waals surface area contributed by atoms with Crippen molar-refractivity contribution in [1.29, 1.82) is 0 Å². The zero-order valence-electron chi connectivity index (χ0n) is 12.4. The van der Waals surface area contributed by atoms with Crippen LogP contribution in [0.3, 0.4) is 0 Å². The van der Waals surface area contributed by atoms with Gasteiger partial charge in [-0.15, -0.1) is 0 Å². The van der Waals surface area contributed by atoms with Crippen molar-refractivity contribution in [1.82, 2.24) is 14.9 Å². The molecule has 5 nitrogen and oxygen atoms in total. The summed E-state index contributed by atoms with van der Waals surface area (Å²) in [5.41, 5.74) is 1.64. The molecular weight excluding hydrogens is 271 g/mol. The first-order valence-electron chi connectivity index (χ1n) is 6.61. The smallest absolute Gasteiger partial charge is 0.226 e. The van der Waals surface area contributed by atoms with Crippen molar-refractivity contribution < 1.29 is 9.13 Å². The summed E-state index contributed by atoms with van der Waals surface area (Å²) in [7, 11) is 5.38. The molecular formula is C15H19FN4O. The van der Waals surface area contributed by atoms with Crippen LogP contribution in [0.4, 0.5) is 10.3 Å². The van der Waals surface area contributed by atoms with Gasteiger partial charge in [-0.25, -0.2) is 9.37 Å². The number of rotatable bonds is 6. The maximum Gasteiger partial charge on any atom is 0.226 e. The van der Waals surface area contributed by atoms with Crippen molar-refractivity contribution in [3.8, 4) is 5.88 Å². The molecule has 2 aromatic rings. The molecule has 1 aromatic heterocycles. The molecule has 0 atom stereocenters. The molecule has 0 fully saturated rings. The van der Waals surface area contributed by atoms with Gasteiger partial charge in [0.05, 0.1) is 7.11 Å². The summed E-state index contributed by atoms with van der Waals surface area (Å²) >= 11 is 0. The van der Waals surface area contributed by atoms with Gasteiger partial charge in [0.25, 0.3) is 0 Å². The molecule has 0 aliphatic rings. The molecule has 0 bridgehead atoms. The summed E-state index contributed by atoms with van der Waals surface area (Å²) in [6, 6.07) is 6.77. The summed E-state index contributed by atoms with van der Waals surface area (Å²) in [4.78, 5) is 10.2. The van der Waals surface area contributed by atoms with Gasteiger partial charge in [0.2, 0.25) is 11.8 Å². The van der Waals surface area contributed by atoms with Crippen LogP contribution in [0.1, 0.15) is 11.1 Å². The molecule has 0 amide bonds. The molecule has 0 radical (unpaired) electrons. The third-order valence-corrected chi connectivity index (χ3v) is 2.89. The minimum absolute atomic E-state index is 0.190. The maximum absolute atomic E-state index is 13.7. The molecule has 6 heteroatoms. The highest BCUT2D eigenvalue weighted by Gasteiger charge is 2.06. The molecule has 0 aliphatic heterocycles. The second kappa shape index (κ2) is 6.99. The molecule has 2 rings (SSSR count). The normalized spacial score (nSPS) is 10.7. The van der Waals surface area contributed by atoms with Crippen molar-refractivity contribution in [3.63, 3.8) is 0 Å². The largest absolute Gasteiger partial charge is 0.481 e. The number of halogens is 1. The van der Waals surface area contributed by atoms with Crippen LogP contribution in [-0.2, 0) is 13.1 Å². The molecule has 1 heterocycles. The van der Waals surface area contributed by atoms with Crippen molar-refractivity contribution in [2.24, 2.45) is 0 Å². The quantitative estimate of drug-likeness (QED) is 0.884. The summed E-state index contributed by atoms with van der Waals surface area (Å²) < 4.78 is 18.7. The number of aromatic nitrogens is 2. The predicted octanol–water partition coefficient (Wildman–Crippen LogP) is 2.30. The SMILES string of the molecule is COc1ccnc(NCc2ccc(F)c(CN(C)C)c2)n1. The van der Waals surface area contributed by atoms with Crippen LogP contribution >= 0.6 is 0 Å². The number of benzene rings is 1. The van der Waals surface area contributed by atoms with Crippen molar-refractivity contribution in [2.75, 3.05) is 26.5 Å². The lowest BCUT2D eigenvalue weighted by Gasteiger charge is -2.12. The highest BCUT2D eigenvalue weighted by Crippen LogP contribution is 2.14. The van der Waals surface area contributed by atoms with Gasteiger partial charge >= 0.3 is 0 Å². The van der Waals surface area contributed by atoms with Gasteiger partial charge in [-0.1, -0.05) is 6.07 Å². The van der Waals surface area contributed by atoms with E-state index in [1.807, 2.05) is 25.1 Å². The number of hydrogen-bond donors (Lipinski definition) is 1. The lowest BCUT2D eigenvalue weighted by Crippen LogP contribution is -2.12. The Kier molecular flexibility index (Phi) is 5.05. The van der Waals surface area contributed by atoms with Crippen LogP contribution in [0.5, 0.6) is 5.88 Å². The van der Waals surface area contributed by atoms with Crippen molar-refractivity contribution in [2.45, 2.75) is 13.1 Å². The number of methoxy groups -OCH3 is 1. The van der Waals surface area contributed by atoms with Crippen LogP contribution < -0.4 is 10.1 Å². The molecule has 0 spiro atoms. The Morgan fingerprint density at radius 2 is 2.10 bits per heavy atom. The van der Waals surface area contributed by atoms with Gasteiger partial charge < -0.3 is 15.0 Å². The third-order valence-electron chi connectivity index (χ3n) is 2.89. The highest BCUT2D eigenvalue weighted by atomic mass is 19.1. The van der Waals surface area contributed by atoms with Gasteiger partial charge in [-0.3, -0.25) is 0 Å². The number of nitrogens with zero attached hydrogens (tertiary/aromatic N) is 3. The van der Waals surface area contributed by atoms with Gasteiger partial charge in [-0.05, 0) is 31.8 Å². The lowest BCUT2D eigenvalue weighted by molar-refractivity contribution is 0.392. The standard InChI is InChI=1S/C15H19FN4O/c1-20(2)10-12-8-11(4-5-13(12)16)9-18-15-17-7-6-14(19-15)21-3/h4-8H,9-10H2,1-3H3,(H,17,18,19). The van der Waals surface area contributed by atoms with E-state index in [9.17, 15) is 4.39 Å². The fraction of sp³-hybridized carbons (Fsp3) is 0.333. The summed E-state index contributed by atoms with van der Waals surface area (Å²) in [6.07, 6.45) is 1.62. The van der Waals surface area contributed by atoms with E-state index in [0.717, 1.165) is 5.56 Å². The Hall–Kier alpha value is -2.21. The first-order valence-corrected chi connectivity index (χ1v) is 6.61. The van der Waals surface area contributed by atoms with E-state index >= 15 is 0 Å². The summed E-state index contributed by atoms with van der Waals surface area (Å²) in [5, 5.41) is 3.10. The Balaban J connectivity index is 2.05. The Labute approximate surface area is 123 Å². The molecule has 0 unspecified atom stereocenters. The third kappa shape index (κ3) is 4.39. The highest BCUT2D eigenvalue weighted by molar-refractivity contribution is 5.32. The predicted molar refractivity (Wildman–Crippen MR) is 79.7 cm³/mol. The first-order chi connectivity index (χ1) is 10.1. The fourth-order valence-electron chi connectivity index (χ4n) is 1.92. The van der Waals surface area contributed by atoms with E-state index in [1.54, 1.807) is 25.4 Å². The average Bonchev–Trinajstić information content (AvgIpc) is 2.48. The van der Waals surface area contributed by atoms with Gasteiger partial charge in [0.15, 0.2) is 0 Å². The summed E-state index contributed by atoms with van der Waals surface area (Å²) in [5.74, 6) is 0.790. The minimum Gasteiger partial charge on any atom is -0.481 e. The van der Waals surface area contributed by atoms with Gasteiger partial charge in [0, 0.05) is 30.9 Å². The molecule has 1 aromatic carbocycles. The van der Waals surface area contributed by atoms with Crippen LogP contribution in [0.15, 0.2) is 30.5 Å². The van der Waals surface area contributed by atoms with E-state index in [2.05, 4.69) is 15.3 Å². The van der Waals surface area contributed by atoms with Gasteiger partial charge in [-0.2, -0.15) is 4.98 Å². The molecule has 21 heavy (non-hydrogen) atoms. The number of ether oxygens (including phenoxy) is 1. The molecule has 112 valence electrons. The molecule has 0 saturated carbocycles. The minimum atomic E-state index is -0.190. The second-order valence-corrected chi connectivity index (χ2v) is 4.94. The second-order valence-electron chi connectivity index (χ2n) is 4.94. The van der Waals surface area contributed by atoms with Crippen LogP contribution in [0.2, 0.25) is 0 Å². The number of hydrogen-bond acceptors (Lipinski definition) is 5. The van der Waals surface area contributed by atoms with E-state index in [1.165, 1.54) is 6.07 Å². The zero-order chi connectivity index (χ0) is 15.2. The van der Waals surface area contributed by atoms with Crippen LogP contribution in [-0.4, -0.2) is 36.1 Å². The Bertz CT molecular complexity index is 604. The molecule has 1 N–H and O–H groups in total. The van der Waals surface area contributed by atoms with E-state index in [0.29, 0.717) is 30.5 Å². The van der Waals surface area contributed by atoms with E-state index < -0.39 is 0 Å². The van der Waals surface area contributed by atoms with Crippen LogP contribution in [0.25, 0.3) is 0 Å². The average molecular weight is 290 g/mol. The first kappa shape index (κ1) is 15.2. The number of nitrogens with one attached hydrogen (secondary N) is 1. The van der Waals surface area contributed by atoms with Crippen molar-refractivity contribution >= 4 is 5.95 Å². The Morgan fingerprint density at radius 1 is 1.29 bits per heavy atom. The monoisotopic (exact) mass is 290 g/mol. The molecule has 0 saturated heterocycles. The Morgan fingerprint density at radius 3 is 2.81 bits per heavy atom. The maximum atomic E-state index is 13.7. The van der Waals surface area contributed by atoms with E-state index in [4.69, 9.17) is 4.74 Å². The summed E-state index contributed by atoms with van der Waals surface area (Å²) in [6.45, 7) is 1.09. The fourth-order valence-corrected chi connectivity index (χ4v) is 1.92. The van der Waals surface area contributed by atoms with Crippen LogP contribution in [0, 0.1) is 5.82 Å². The van der Waals surface area contributed by atoms with Gasteiger partial charge in [0.1, 0.15) is 5.82 Å². The van der Waals surface area contributed by atoms with Crippen molar-refractivity contribution in [3.05, 3.63) is 47.4 Å². The lowest BCUT2D eigenvalue weighted by atomic mass is 10.1. The van der Waals surface area contributed by atoms with E-state index in [-0.39, 0.29) is 5.82 Å². The molecule has 0 aliphatic carbocycles. The zero-order valence-corrected chi connectivity index (χ0v) is 12.4. The number of anilines is 1. The topological polar surface area (TPSA) is 50.3 Å².